The average Bonchev–Trinajstić information content (AvgIpc) is 0.722. The van der Waals surface area contributed by atoms with Crippen molar-refractivity contribution >= 4 is 10.3 Å². The molecule has 3 N–H and O–H groups in total. The van der Waals surface area contributed by atoms with Gasteiger partial charge in [-0.3, -0.25) is 4.55 Å². The van der Waals surface area contributed by atoms with Crippen molar-refractivity contribution in [3.63, 3.8) is 0 Å². The summed E-state index contributed by atoms with van der Waals surface area (Å²) in [5, 5.41) is 3.88. The molecule has 0 spiro atoms. The standard InChI is InChI=1S/H3NO3S.Y/c1-5(2,3)4;/h(H3,1,2,3,4);. The molecule has 0 unspecified atom stereocenters. The van der Waals surface area contributed by atoms with Crippen molar-refractivity contribution in [1.82, 2.24) is 0 Å². The molecule has 0 bridgehead atoms. The van der Waals surface area contributed by atoms with E-state index in [-0.39, 0.29) is 32.7 Å². The fraction of sp³-hybridized carbons (Fsp3) is 0. The summed E-state index contributed by atoms with van der Waals surface area (Å²) >= 11 is 0. The minimum absolute atomic E-state index is 0. The van der Waals surface area contributed by atoms with E-state index in [2.05, 4.69) is 5.14 Å². The van der Waals surface area contributed by atoms with Gasteiger partial charge in [-0.2, -0.15) is 8.42 Å². The molecule has 0 aliphatic heterocycles. The molecule has 35 valence electrons. The Balaban J connectivity index is 0. The topological polar surface area (TPSA) is 80.4 Å². The van der Waals surface area contributed by atoms with Gasteiger partial charge in [0.15, 0.2) is 0 Å². The van der Waals surface area contributed by atoms with Crippen LogP contribution in [-0.2, 0) is 43.0 Å². The molecule has 0 saturated carbocycles. The van der Waals surface area contributed by atoms with Crippen molar-refractivity contribution in [3.8, 4) is 0 Å². The summed E-state index contributed by atoms with van der Waals surface area (Å²) in [7, 11) is -4.17. The molecule has 0 aromatic heterocycles. The summed E-state index contributed by atoms with van der Waals surface area (Å²) in [6.45, 7) is 0. The maximum Gasteiger partial charge on any atom is 0.330 e. The van der Waals surface area contributed by atoms with E-state index >= 15 is 0 Å². The van der Waals surface area contributed by atoms with Gasteiger partial charge < -0.3 is 0 Å². The first-order valence-corrected chi connectivity index (χ1v) is 2.25. The molecule has 0 aliphatic carbocycles. The number of hydrogen-bond donors (Lipinski definition) is 2. The van der Waals surface area contributed by atoms with Crippen LogP contribution in [0.1, 0.15) is 0 Å². The van der Waals surface area contributed by atoms with E-state index in [0.717, 1.165) is 0 Å². The van der Waals surface area contributed by atoms with E-state index in [1.807, 2.05) is 0 Å². The molecule has 0 atom stereocenters. The largest absolute Gasteiger partial charge is 0.330 e. The van der Waals surface area contributed by atoms with Crippen LogP contribution in [0, 0.1) is 0 Å². The Morgan fingerprint density at radius 3 is 1.50 bits per heavy atom. The van der Waals surface area contributed by atoms with Crippen LogP contribution in [-0.4, -0.2) is 13.0 Å². The molecule has 0 rings (SSSR count). The van der Waals surface area contributed by atoms with Crippen molar-refractivity contribution in [2.45, 2.75) is 0 Å². The van der Waals surface area contributed by atoms with Gasteiger partial charge in [-0.1, -0.05) is 0 Å². The minimum atomic E-state index is -4.17. The second-order valence-electron chi connectivity index (χ2n) is 0.515. The summed E-state index contributed by atoms with van der Waals surface area (Å²) < 4.78 is 25.2. The Bertz CT molecular complexity index is 94.0. The fourth-order valence-corrected chi connectivity index (χ4v) is 0. The molecule has 0 aromatic rings. The smallest absolute Gasteiger partial charge is 0.274 e. The van der Waals surface area contributed by atoms with Crippen molar-refractivity contribution in [3.05, 3.63) is 0 Å². The Morgan fingerprint density at radius 2 is 1.50 bits per heavy atom. The molecule has 0 aromatic carbocycles. The van der Waals surface area contributed by atoms with Gasteiger partial charge in [0.1, 0.15) is 0 Å². The molecule has 4 nitrogen and oxygen atoms in total. The maximum atomic E-state index is 8.97. The molecule has 1 radical (unpaired) electrons. The third kappa shape index (κ3) is 82.8. The van der Waals surface area contributed by atoms with Gasteiger partial charge in [0, 0.05) is 32.7 Å². The summed E-state index contributed by atoms with van der Waals surface area (Å²) in [5.41, 5.74) is 0. The van der Waals surface area contributed by atoms with Gasteiger partial charge in [-0.05, 0) is 0 Å². The monoisotopic (exact) mass is 186 g/mol. The van der Waals surface area contributed by atoms with Crippen LogP contribution in [0.25, 0.3) is 0 Å². The fourth-order valence-electron chi connectivity index (χ4n) is 0. The van der Waals surface area contributed by atoms with E-state index < -0.39 is 10.3 Å². The van der Waals surface area contributed by atoms with Crippen molar-refractivity contribution in [2.24, 2.45) is 5.14 Å². The zero-order chi connectivity index (χ0) is 4.50. The van der Waals surface area contributed by atoms with Gasteiger partial charge in [0.05, 0.1) is 0 Å². The normalized spacial score (nSPS) is 9.67. The molecule has 6 heteroatoms. The van der Waals surface area contributed by atoms with E-state index in [1.165, 1.54) is 0 Å². The third-order valence-corrected chi connectivity index (χ3v) is 0. The maximum absolute atomic E-state index is 8.97. The van der Waals surface area contributed by atoms with E-state index in [4.69, 9.17) is 13.0 Å². The average molecular weight is 186 g/mol. The van der Waals surface area contributed by atoms with Crippen LogP contribution in [0.5, 0.6) is 0 Å². The van der Waals surface area contributed by atoms with Crippen LogP contribution >= 0.6 is 0 Å². The van der Waals surface area contributed by atoms with Crippen LogP contribution in [0.15, 0.2) is 0 Å². The van der Waals surface area contributed by atoms with Crippen molar-refractivity contribution in [1.29, 1.82) is 0 Å². The second-order valence-corrected chi connectivity index (χ2v) is 1.54. The summed E-state index contributed by atoms with van der Waals surface area (Å²) in [4.78, 5) is 0. The van der Waals surface area contributed by atoms with Crippen LogP contribution < -0.4 is 5.14 Å². The molecule has 0 heterocycles. The first-order valence-electron chi connectivity index (χ1n) is 0.752. The number of rotatable bonds is 0. The molecule has 0 aliphatic rings. The summed E-state index contributed by atoms with van der Waals surface area (Å²) in [5.74, 6) is 0. The Hall–Kier alpha value is 0.974. The zero-order valence-electron chi connectivity index (χ0n) is 2.83. The Labute approximate surface area is 60.9 Å². The zero-order valence-corrected chi connectivity index (χ0v) is 6.48. The van der Waals surface area contributed by atoms with Crippen molar-refractivity contribution < 1.29 is 45.7 Å². The number of nitrogens with two attached hydrogens (primary N) is 1. The third-order valence-electron chi connectivity index (χ3n) is 0. The molecule has 0 fully saturated rings. The summed E-state index contributed by atoms with van der Waals surface area (Å²) in [6.07, 6.45) is 0. The van der Waals surface area contributed by atoms with Gasteiger partial charge in [0.2, 0.25) is 0 Å². The predicted molar refractivity (Wildman–Crippen MR) is 15.7 cm³/mol. The van der Waals surface area contributed by atoms with Crippen LogP contribution in [0.3, 0.4) is 0 Å². The van der Waals surface area contributed by atoms with Gasteiger partial charge >= 0.3 is 10.3 Å². The SMILES string of the molecule is NS(=O)(=O)O.[Y]. The van der Waals surface area contributed by atoms with Crippen LogP contribution in [0.2, 0.25) is 0 Å². The summed E-state index contributed by atoms with van der Waals surface area (Å²) in [6, 6.07) is 0. The molecular formula is H3NO3SY. The first kappa shape index (κ1) is 10.1. The quantitative estimate of drug-likeness (QED) is 0.463. The molecule has 6 heavy (non-hydrogen) atoms. The van der Waals surface area contributed by atoms with Gasteiger partial charge in [0.25, 0.3) is 0 Å². The van der Waals surface area contributed by atoms with Gasteiger partial charge in [-0.15, -0.1) is 0 Å². The van der Waals surface area contributed by atoms with E-state index in [1.54, 1.807) is 0 Å². The first-order chi connectivity index (χ1) is 2.00. The van der Waals surface area contributed by atoms with Crippen LogP contribution in [0.4, 0.5) is 0 Å². The molecule has 0 saturated heterocycles. The predicted octanol–water partition coefficient (Wildman–Crippen LogP) is -1.25. The second kappa shape index (κ2) is 3.04. The van der Waals surface area contributed by atoms with E-state index in [0.29, 0.717) is 0 Å². The van der Waals surface area contributed by atoms with E-state index in [9.17, 15) is 0 Å². The molecular weight excluding hydrogens is 183 g/mol. The molecule has 0 amide bonds. The Morgan fingerprint density at radius 1 is 1.50 bits per heavy atom. The van der Waals surface area contributed by atoms with Gasteiger partial charge in [-0.25, -0.2) is 5.14 Å². The van der Waals surface area contributed by atoms with Crippen molar-refractivity contribution in [2.75, 3.05) is 0 Å². The number of hydrogen-bond acceptors (Lipinski definition) is 2. The Kier molecular flexibility index (Phi) is 5.10. The minimum Gasteiger partial charge on any atom is -0.274 e.